The summed E-state index contributed by atoms with van der Waals surface area (Å²) < 4.78 is 0. The highest BCUT2D eigenvalue weighted by atomic mass is 16.3. The molecule has 0 saturated carbocycles. The maximum atomic E-state index is 11.9. The molecule has 1 aromatic heterocycles. The number of rotatable bonds is 6. The van der Waals surface area contributed by atoms with Crippen molar-refractivity contribution < 1.29 is 9.90 Å². The molecule has 1 aromatic rings. The summed E-state index contributed by atoms with van der Waals surface area (Å²) in [7, 11) is 0. The minimum absolute atomic E-state index is 0.000883. The van der Waals surface area contributed by atoms with E-state index in [9.17, 15) is 9.90 Å². The second-order valence-corrected chi connectivity index (χ2v) is 4.29. The van der Waals surface area contributed by atoms with Crippen molar-refractivity contribution in [1.29, 1.82) is 0 Å². The average molecular weight is 251 g/mol. The Balaban J connectivity index is 2.54. The Hall–Kier alpha value is -1.62. The van der Waals surface area contributed by atoms with Gasteiger partial charge in [-0.2, -0.15) is 0 Å². The van der Waals surface area contributed by atoms with Crippen LogP contribution in [0.3, 0.4) is 0 Å². The van der Waals surface area contributed by atoms with E-state index in [1.807, 2.05) is 6.92 Å². The normalized spacial score (nSPS) is 12.4. The molecule has 100 valence electrons. The zero-order chi connectivity index (χ0) is 13.5. The van der Waals surface area contributed by atoms with Crippen molar-refractivity contribution in [2.24, 2.45) is 0 Å². The third-order valence-electron chi connectivity index (χ3n) is 2.79. The van der Waals surface area contributed by atoms with Gasteiger partial charge in [0.1, 0.15) is 5.75 Å². The van der Waals surface area contributed by atoms with Crippen LogP contribution in [0.25, 0.3) is 0 Å². The lowest BCUT2D eigenvalue weighted by atomic mass is 10.2. The van der Waals surface area contributed by atoms with E-state index in [2.05, 4.69) is 29.0 Å². The van der Waals surface area contributed by atoms with E-state index in [1.54, 1.807) is 0 Å². The average Bonchev–Trinajstić information content (AvgIpc) is 2.35. The highest BCUT2D eigenvalue weighted by Gasteiger charge is 2.12. The molecule has 5 nitrogen and oxygen atoms in total. The molecule has 0 fully saturated rings. The Morgan fingerprint density at radius 2 is 2.11 bits per heavy atom. The molecular formula is C13H21N3O2. The molecule has 1 atom stereocenters. The van der Waals surface area contributed by atoms with E-state index >= 15 is 0 Å². The first kappa shape index (κ1) is 14.4. The molecule has 1 unspecified atom stereocenters. The van der Waals surface area contributed by atoms with Gasteiger partial charge in [-0.1, -0.05) is 13.8 Å². The number of carbonyl (C=O) groups excluding carboxylic acids is 1. The monoisotopic (exact) mass is 251 g/mol. The van der Waals surface area contributed by atoms with Crippen LogP contribution < -0.4 is 5.32 Å². The molecule has 1 amide bonds. The summed E-state index contributed by atoms with van der Waals surface area (Å²) in [5.74, 6) is -0.211. The molecule has 0 aromatic carbocycles. The predicted octanol–water partition coefficient (Wildman–Crippen LogP) is 1.25. The van der Waals surface area contributed by atoms with Gasteiger partial charge in [-0.05, 0) is 26.1 Å². The summed E-state index contributed by atoms with van der Waals surface area (Å²) in [4.78, 5) is 17.9. The first-order chi connectivity index (χ1) is 8.56. The third kappa shape index (κ3) is 4.33. The van der Waals surface area contributed by atoms with E-state index in [1.165, 1.54) is 18.5 Å². The molecule has 0 aliphatic heterocycles. The quantitative estimate of drug-likeness (QED) is 0.798. The first-order valence-electron chi connectivity index (χ1n) is 6.24. The molecular weight excluding hydrogens is 230 g/mol. The third-order valence-corrected chi connectivity index (χ3v) is 2.79. The molecule has 0 saturated heterocycles. The zero-order valence-electron chi connectivity index (χ0n) is 11.2. The lowest BCUT2D eigenvalue weighted by Crippen LogP contribution is -2.41. The zero-order valence-corrected chi connectivity index (χ0v) is 11.2. The Bertz CT molecular complexity index is 392. The van der Waals surface area contributed by atoms with E-state index in [0.29, 0.717) is 5.56 Å². The second-order valence-electron chi connectivity index (χ2n) is 4.29. The van der Waals surface area contributed by atoms with Crippen molar-refractivity contribution in [1.82, 2.24) is 15.2 Å². The SMILES string of the molecule is CCN(CC)CC(C)NC(=O)c1cncc(O)c1. The van der Waals surface area contributed by atoms with Gasteiger partial charge in [-0.25, -0.2) is 0 Å². The van der Waals surface area contributed by atoms with E-state index in [0.717, 1.165) is 19.6 Å². The van der Waals surface area contributed by atoms with E-state index in [-0.39, 0.29) is 17.7 Å². The Morgan fingerprint density at radius 1 is 1.44 bits per heavy atom. The number of hydrogen-bond acceptors (Lipinski definition) is 4. The van der Waals surface area contributed by atoms with Gasteiger partial charge in [0.25, 0.3) is 5.91 Å². The number of nitrogens with zero attached hydrogens (tertiary/aromatic N) is 2. The van der Waals surface area contributed by atoms with Gasteiger partial charge in [0, 0.05) is 18.8 Å². The van der Waals surface area contributed by atoms with Crippen LogP contribution in [0.2, 0.25) is 0 Å². The molecule has 0 aliphatic carbocycles. The minimum Gasteiger partial charge on any atom is -0.506 e. The maximum absolute atomic E-state index is 11.9. The Morgan fingerprint density at radius 3 is 2.67 bits per heavy atom. The van der Waals surface area contributed by atoms with Crippen molar-refractivity contribution in [2.45, 2.75) is 26.8 Å². The molecule has 1 heterocycles. The molecule has 0 bridgehead atoms. The van der Waals surface area contributed by atoms with Crippen LogP contribution in [-0.2, 0) is 0 Å². The van der Waals surface area contributed by atoms with Crippen LogP contribution in [0, 0.1) is 0 Å². The van der Waals surface area contributed by atoms with Gasteiger partial charge in [0.05, 0.1) is 11.8 Å². The minimum atomic E-state index is -0.210. The van der Waals surface area contributed by atoms with Crippen LogP contribution in [0.4, 0.5) is 0 Å². The summed E-state index contributed by atoms with van der Waals surface area (Å²) in [5, 5.41) is 12.2. The smallest absolute Gasteiger partial charge is 0.253 e. The number of aromatic hydroxyl groups is 1. The fraction of sp³-hybridized carbons (Fsp3) is 0.538. The number of nitrogens with one attached hydrogen (secondary N) is 1. The Kier molecular flexibility index (Phi) is 5.58. The van der Waals surface area contributed by atoms with Gasteiger partial charge >= 0.3 is 0 Å². The number of aromatic nitrogens is 1. The summed E-state index contributed by atoms with van der Waals surface area (Å²) >= 11 is 0. The van der Waals surface area contributed by atoms with Gasteiger partial charge in [-0.15, -0.1) is 0 Å². The summed E-state index contributed by atoms with van der Waals surface area (Å²) in [6.07, 6.45) is 2.75. The molecule has 2 N–H and O–H groups in total. The lowest BCUT2D eigenvalue weighted by molar-refractivity contribution is 0.0929. The Labute approximate surface area is 108 Å². The highest BCUT2D eigenvalue weighted by molar-refractivity contribution is 5.94. The maximum Gasteiger partial charge on any atom is 0.253 e. The van der Waals surface area contributed by atoms with E-state index in [4.69, 9.17) is 0 Å². The van der Waals surface area contributed by atoms with Crippen molar-refractivity contribution in [3.05, 3.63) is 24.0 Å². The van der Waals surface area contributed by atoms with Gasteiger partial charge in [-0.3, -0.25) is 9.78 Å². The van der Waals surface area contributed by atoms with Crippen LogP contribution in [0.5, 0.6) is 5.75 Å². The van der Waals surface area contributed by atoms with Crippen LogP contribution in [0.15, 0.2) is 18.5 Å². The number of amides is 1. The number of likely N-dealkylation sites (N-methyl/N-ethyl adjacent to an activating group) is 1. The second kappa shape index (κ2) is 6.96. The number of hydrogen-bond donors (Lipinski definition) is 2. The fourth-order valence-corrected chi connectivity index (χ4v) is 1.77. The molecule has 0 aliphatic rings. The van der Waals surface area contributed by atoms with Gasteiger partial charge in [0.15, 0.2) is 0 Å². The summed E-state index contributed by atoms with van der Waals surface area (Å²) in [6, 6.07) is 1.46. The fourth-order valence-electron chi connectivity index (χ4n) is 1.77. The summed E-state index contributed by atoms with van der Waals surface area (Å²) in [6.45, 7) is 8.89. The predicted molar refractivity (Wildman–Crippen MR) is 70.6 cm³/mol. The van der Waals surface area contributed by atoms with Crippen molar-refractivity contribution >= 4 is 5.91 Å². The van der Waals surface area contributed by atoms with Crippen LogP contribution in [-0.4, -0.2) is 46.6 Å². The molecule has 0 radical (unpaired) electrons. The van der Waals surface area contributed by atoms with Gasteiger partial charge < -0.3 is 15.3 Å². The molecule has 0 spiro atoms. The van der Waals surface area contributed by atoms with Crippen molar-refractivity contribution in [3.63, 3.8) is 0 Å². The van der Waals surface area contributed by atoms with Crippen LogP contribution in [0.1, 0.15) is 31.1 Å². The van der Waals surface area contributed by atoms with Crippen molar-refractivity contribution in [2.75, 3.05) is 19.6 Å². The van der Waals surface area contributed by atoms with Gasteiger partial charge in [0.2, 0.25) is 0 Å². The largest absolute Gasteiger partial charge is 0.506 e. The summed E-state index contributed by atoms with van der Waals surface area (Å²) in [5.41, 5.74) is 0.376. The number of pyridine rings is 1. The first-order valence-corrected chi connectivity index (χ1v) is 6.24. The highest BCUT2D eigenvalue weighted by Crippen LogP contribution is 2.08. The molecule has 18 heavy (non-hydrogen) atoms. The molecule has 1 rings (SSSR count). The van der Waals surface area contributed by atoms with Crippen molar-refractivity contribution in [3.8, 4) is 5.75 Å². The standard InChI is InChI=1S/C13H21N3O2/c1-4-16(5-2)9-10(3)15-13(18)11-6-12(17)8-14-7-11/h6-8,10,17H,4-5,9H2,1-3H3,(H,15,18). The number of carbonyl (C=O) groups is 1. The topological polar surface area (TPSA) is 65.5 Å². The van der Waals surface area contributed by atoms with E-state index < -0.39 is 0 Å². The molecule has 5 heteroatoms. The van der Waals surface area contributed by atoms with Crippen LogP contribution >= 0.6 is 0 Å². The lowest BCUT2D eigenvalue weighted by Gasteiger charge is -2.23.